The average Bonchev–Trinajstić information content (AvgIpc) is 3.07. The summed E-state index contributed by atoms with van der Waals surface area (Å²) in [4.78, 5) is 14.0. The predicted molar refractivity (Wildman–Crippen MR) is 67.1 cm³/mol. The second kappa shape index (κ2) is 7.66. The van der Waals surface area contributed by atoms with E-state index in [2.05, 4.69) is 11.8 Å². The van der Waals surface area contributed by atoms with Gasteiger partial charge in [-0.25, -0.2) is 0 Å². The SMILES string of the molecule is CCCN(CC1CC1)C(=O)CCCCCN. The van der Waals surface area contributed by atoms with Gasteiger partial charge in [0.2, 0.25) is 5.91 Å². The molecule has 0 aromatic rings. The molecule has 94 valence electrons. The fourth-order valence-corrected chi connectivity index (χ4v) is 1.96. The third kappa shape index (κ3) is 5.50. The molecule has 0 radical (unpaired) electrons. The molecule has 1 saturated carbocycles. The molecule has 0 unspecified atom stereocenters. The molecule has 0 heterocycles. The van der Waals surface area contributed by atoms with Gasteiger partial charge in [0.1, 0.15) is 0 Å². The molecule has 2 N–H and O–H groups in total. The number of rotatable bonds is 9. The van der Waals surface area contributed by atoms with E-state index >= 15 is 0 Å². The van der Waals surface area contributed by atoms with Crippen LogP contribution in [0.1, 0.15) is 51.9 Å². The van der Waals surface area contributed by atoms with Gasteiger partial charge in [0.25, 0.3) is 0 Å². The third-order valence-electron chi connectivity index (χ3n) is 3.12. The zero-order valence-corrected chi connectivity index (χ0v) is 10.6. The van der Waals surface area contributed by atoms with Gasteiger partial charge in [0.15, 0.2) is 0 Å². The van der Waals surface area contributed by atoms with Gasteiger partial charge >= 0.3 is 0 Å². The van der Waals surface area contributed by atoms with E-state index in [0.29, 0.717) is 12.3 Å². The summed E-state index contributed by atoms with van der Waals surface area (Å²) in [7, 11) is 0. The summed E-state index contributed by atoms with van der Waals surface area (Å²) in [6.45, 7) is 4.83. The highest BCUT2D eigenvalue weighted by Crippen LogP contribution is 2.30. The Morgan fingerprint density at radius 1 is 1.31 bits per heavy atom. The summed E-state index contributed by atoms with van der Waals surface area (Å²) in [5.74, 6) is 1.16. The van der Waals surface area contributed by atoms with Gasteiger partial charge in [-0.2, -0.15) is 0 Å². The van der Waals surface area contributed by atoms with Crippen LogP contribution < -0.4 is 5.73 Å². The second-order valence-corrected chi connectivity index (χ2v) is 4.88. The number of amides is 1. The Bertz CT molecular complexity index is 202. The normalized spacial score (nSPS) is 15.1. The standard InChI is InChI=1S/C13H26N2O/c1-2-10-15(11-12-7-8-12)13(16)6-4-3-5-9-14/h12H,2-11,14H2,1H3. The van der Waals surface area contributed by atoms with Crippen LogP contribution in [0.15, 0.2) is 0 Å². The molecular weight excluding hydrogens is 200 g/mol. The number of nitrogens with zero attached hydrogens (tertiary/aromatic N) is 1. The van der Waals surface area contributed by atoms with Crippen molar-refractivity contribution < 1.29 is 4.79 Å². The Hall–Kier alpha value is -0.570. The highest BCUT2D eigenvalue weighted by atomic mass is 16.2. The van der Waals surface area contributed by atoms with E-state index in [4.69, 9.17) is 5.73 Å². The molecule has 0 aromatic heterocycles. The van der Waals surface area contributed by atoms with E-state index in [1.165, 1.54) is 12.8 Å². The zero-order valence-electron chi connectivity index (χ0n) is 10.6. The minimum atomic E-state index is 0.353. The van der Waals surface area contributed by atoms with Crippen molar-refractivity contribution in [1.82, 2.24) is 4.90 Å². The first-order valence-corrected chi connectivity index (χ1v) is 6.75. The van der Waals surface area contributed by atoms with Gasteiger partial charge in [-0.3, -0.25) is 4.79 Å². The van der Waals surface area contributed by atoms with Crippen LogP contribution in [0, 0.1) is 5.92 Å². The smallest absolute Gasteiger partial charge is 0.222 e. The minimum Gasteiger partial charge on any atom is -0.342 e. The van der Waals surface area contributed by atoms with Crippen molar-refractivity contribution in [2.24, 2.45) is 11.7 Å². The number of hydrogen-bond acceptors (Lipinski definition) is 2. The summed E-state index contributed by atoms with van der Waals surface area (Å²) in [5.41, 5.74) is 5.43. The Labute approximate surface area is 99.4 Å². The van der Waals surface area contributed by atoms with Crippen molar-refractivity contribution in [3.05, 3.63) is 0 Å². The van der Waals surface area contributed by atoms with E-state index in [9.17, 15) is 4.79 Å². The lowest BCUT2D eigenvalue weighted by molar-refractivity contribution is -0.131. The van der Waals surface area contributed by atoms with E-state index < -0.39 is 0 Å². The van der Waals surface area contributed by atoms with Crippen LogP contribution >= 0.6 is 0 Å². The van der Waals surface area contributed by atoms with Crippen LogP contribution in [0.2, 0.25) is 0 Å². The van der Waals surface area contributed by atoms with Crippen molar-refractivity contribution in [2.45, 2.75) is 51.9 Å². The molecule has 0 saturated heterocycles. The molecule has 1 rings (SSSR count). The van der Waals surface area contributed by atoms with Crippen molar-refractivity contribution in [1.29, 1.82) is 0 Å². The summed E-state index contributed by atoms with van der Waals surface area (Å²) in [5, 5.41) is 0. The number of nitrogens with two attached hydrogens (primary N) is 1. The molecule has 0 bridgehead atoms. The number of unbranched alkanes of at least 4 members (excludes halogenated alkanes) is 2. The number of carbonyl (C=O) groups excluding carboxylic acids is 1. The monoisotopic (exact) mass is 226 g/mol. The minimum absolute atomic E-state index is 0.353. The van der Waals surface area contributed by atoms with Crippen molar-refractivity contribution in [2.75, 3.05) is 19.6 Å². The van der Waals surface area contributed by atoms with E-state index in [1.807, 2.05) is 0 Å². The maximum absolute atomic E-state index is 12.0. The van der Waals surface area contributed by atoms with Gasteiger partial charge in [-0.15, -0.1) is 0 Å². The maximum Gasteiger partial charge on any atom is 0.222 e. The van der Waals surface area contributed by atoms with Crippen molar-refractivity contribution in [3.63, 3.8) is 0 Å². The van der Waals surface area contributed by atoms with E-state index in [-0.39, 0.29) is 0 Å². The van der Waals surface area contributed by atoms with Gasteiger partial charge in [-0.05, 0) is 44.6 Å². The quantitative estimate of drug-likeness (QED) is 0.612. The van der Waals surface area contributed by atoms with E-state index in [0.717, 1.165) is 51.2 Å². The Balaban J connectivity index is 2.17. The maximum atomic E-state index is 12.0. The Kier molecular flexibility index (Phi) is 6.46. The van der Waals surface area contributed by atoms with Crippen molar-refractivity contribution >= 4 is 5.91 Å². The van der Waals surface area contributed by atoms with Gasteiger partial charge < -0.3 is 10.6 Å². The third-order valence-corrected chi connectivity index (χ3v) is 3.12. The van der Waals surface area contributed by atoms with Crippen LogP contribution in [0.5, 0.6) is 0 Å². The molecular formula is C13H26N2O. The molecule has 1 fully saturated rings. The van der Waals surface area contributed by atoms with Crippen molar-refractivity contribution in [3.8, 4) is 0 Å². The highest BCUT2D eigenvalue weighted by Gasteiger charge is 2.25. The summed E-state index contributed by atoms with van der Waals surface area (Å²) in [6.07, 6.45) is 7.56. The first-order chi connectivity index (χ1) is 7.77. The fourth-order valence-electron chi connectivity index (χ4n) is 1.96. The van der Waals surface area contributed by atoms with Crippen LogP contribution in [-0.4, -0.2) is 30.4 Å². The molecule has 3 nitrogen and oxygen atoms in total. The lowest BCUT2D eigenvalue weighted by Gasteiger charge is -2.22. The lowest BCUT2D eigenvalue weighted by atomic mass is 10.1. The van der Waals surface area contributed by atoms with Gasteiger partial charge in [0.05, 0.1) is 0 Å². The molecule has 0 atom stereocenters. The molecule has 1 amide bonds. The average molecular weight is 226 g/mol. The first kappa shape index (κ1) is 13.5. The van der Waals surface area contributed by atoms with Gasteiger partial charge in [0, 0.05) is 19.5 Å². The van der Waals surface area contributed by atoms with Crippen LogP contribution in [0.3, 0.4) is 0 Å². The summed E-state index contributed by atoms with van der Waals surface area (Å²) in [6, 6.07) is 0. The van der Waals surface area contributed by atoms with E-state index in [1.54, 1.807) is 0 Å². The molecule has 1 aliphatic rings. The zero-order chi connectivity index (χ0) is 11.8. The summed E-state index contributed by atoms with van der Waals surface area (Å²) < 4.78 is 0. The Morgan fingerprint density at radius 3 is 2.62 bits per heavy atom. The lowest BCUT2D eigenvalue weighted by Crippen LogP contribution is -2.33. The first-order valence-electron chi connectivity index (χ1n) is 6.75. The summed E-state index contributed by atoms with van der Waals surface area (Å²) >= 11 is 0. The number of hydrogen-bond donors (Lipinski definition) is 1. The Morgan fingerprint density at radius 2 is 2.06 bits per heavy atom. The molecule has 16 heavy (non-hydrogen) atoms. The van der Waals surface area contributed by atoms with Crippen LogP contribution in [-0.2, 0) is 4.79 Å². The molecule has 0 spiro atoms. The highest BCUT2D eigenvalue weighted by molar-refractivity contribution is 5.76. The van der Waals surface area contributed by atoms with Gasteiger partial charge in [-0.1, -0.05) is 13.3 Å². The molecule has 3 heteroatoms. The second-order valence-electron chi connectivity index (χ2n) is 4.88. The van der Waals surface area contributed by atoms with Crippen LogP contribution in [0.4, 0.5) is 0 Å². The predicted octanol–water partition coefficient (Wildman–Crippen LogP) is 2.15. The molecule has 0 aromatic carbocycles. The van der Waals surface area contributed by atoms with Crippen LogP contribution in [0.25, 0.3) is 0 Å². The number of carbonyl (C=O) groups is 1. The fraction of sp³-hybridized carbons (Fsp3) is 0.923. The topological polar surface area (TPSA) is 46.3 Å². The molecule has 1 aliphatic carbocycles. The molecule has 0 aliphatic heterocycles. The largest absolute Gasteiger partial charge is 0.342 e.